The van der Waals surface area contributed by atoms with Gasteiger partial charge in [-0.05, 0) is 30.7 Å². The Morgan fingerprint density at radius 2 is 2.05 bits per heavy atom. The SMILES string of the molecule is CCOc1cc(N)cc(C(=O)NCc2ccccc2Cl)c1. The van der Waals surface area contributed by atoms with Crippen molar-refractivity contribution in [3.63, 3.8) is 0 Å². The molecule has 0 spiro atoms. The molecule has 2 rings (SSSR count). The van der Waals surface area contributed by atoms with E-state index < -0.39 is 0 Å². The summed E-state index contributed by atoms with van der Waals surface area (Å²) in [5.74, 6) is 0.364. The average molecular weight is 305 g/mol. The highest BCUT2D eigenvalue weighted by molar-refractivity contribution is 6.31. The molecule has 0 aliphatic heterocycles. The number of carbonyl (C=O) groups excluding carboxylic acids is 1. The second-order valence-electron chi connectivity index (χ2n) is 4.50. The summed E-state index contributed by atoms with van der Waals surface area (Å²) in [6.07, 6.45) is 0. The number of anilines is 1. The van der Waals surface area contributed by atoms with E-state index in [1.54, 1.807) is 24.3 Å². The van der Waals surface area contributed by atoms with E-state index in [2.05, 4.69) is 5.32 Å². The molecule has 0 aromatic heterocycles. The second-order valence-corrected chi connectivity index (χ2v) is 4.91. The number of ether oxygens (including phenoxy) is 1. The van der Waals surface area contributed by atoms with Crippen molar-refractivity contribution in [2.24, 2.45) is 0 Å². The molecule has 2 aromatic rings. The Bertz CT molecular complexity index is 644. The van der Waals surface area contributed by atoms with Gasteiger partial charge in [0.2, 0.25) is 0 Å². The van der Waals surface area contributed by atoms with E-state index >= 15 is 0 Å². The van der Waals surface area contributed by atoms with Crippen molar-refractivity contribution in [1.82, 2.24) is 5.32 Å². The van der Waals surface area contributed by atoms with E-state index in [4.69, 9.17) is 22.1 Å². The van der Waals surface area contributed by atoms with E-state index in [-0.39, 0.29) is 5.91 Å². The Hall–Kier alpha value is -2.20. The number of nitrogens with one attached hydrogen (secondary N) is 1. The summed E-state index contributed by atoms with van der Waals surface area (Å²) in [4.78, 5) is 12.2. The van der Waals surface area contributed by atoms with Gasteiger partial charge >= 0.3 is 0 Å². The minimum atomic E-state index is -0.219. The fourth-order valence-electron chi connectivity index (χ4n) is 1.92. The van der Waals surface area contributed by atoms with Crippen LogP contribution in [0, 0.1) is 0 Å². The van der Waals surface area contributed by atoms with Crippen molar-refractivity contribution in [2.45, 2.75) is 13.5 Å². The lowest BCUT2D eigenvalue weighted by Gasteiger charge is -2.10. The van der Waals surface area contributed by atoms with E-state index in [1.807, 2.05) is 25.1 Å². The summed E-state index contributed by atoms with van der Waals surface area (Å²) in [7, 11) is 0. The van der Waals surface area contributed by atoms with Crippen molar-refractivity contribution in [3.8, 4) is 5.75 Å². The lowest BCUT2D eigenvalue weighted by Crippen LogP contribution is -2.23. The number of carbonyl (C=O) groups is 1. The molecule has 0 fully saturated rings. The molecule has 0 saturated carbocycles. The predicted molar refractivity (Wildman–Crippen MR) is 84.6 cm³/mol. The van der Waals surface area contributed by atoms with Crippen LogP contribution in [0.4, 0.5) is 5.69 Å². The van der Waals surface area contributed by atoms with E-state index in [9.17, 15) is 4.79 Å². The van der Waals surface area contributed by atoms with Gasteiger partial charge in [0, 0.05) is 28.9 Å². The number of amides is 1. The fourth-order valence-corrected chi connectivity index (χ4v) is 2.13. The van der Waals surface area contributed by atoms with Crippen LogP contribution in [0.3, 0.4) is 0 Å². The molecule has 0 saturated heterocycles. The van der Waals surface area contributed by atoms with Crippen molar-refractivity contribution >= 4 is 23.2 Å². The molecule has 0 atom stereocenters. The Balaban J connectivity index is 2.08. The van der Waals surface area contributed by atoms with Gasteiger partial charge in [-0.2, -0.15) is 0 Å². The van der Waals surface area contributed by atoms with Gasteiger partial charge in [-0.1, -0.05) is 29.8 Å². The third kappa shape index (κ3) is 4.13. The summed E-state index contributed by atoms with van der Waals surface area (Å²) in [5, 5.41) is 3.44. The van der Waals surface area contributed by atoms with Crippen LogP contribution in [-0.2, 0) is 6.54 Å². The average Bonchev–Trinajstić information content (AvgIpc) is 2.46. The molecule has 21 heavy (non-hydrogen) atoms. The first-order valence-corrected chi connectivity index (χ1v) is 7.03. The smallest absolute Gasteiger partial charge is 0.251 e. The Morgan fingerprint density at radius 3 is 2.76 bits per heavy atom. The summed E-state index contributed by atoms with van der Waals surface area (Å²) < 4.78 is 5.38. The summed E-state index contributed by atoms with van der Waals surface area (Å²) in [6.45, 7) is 2.75. The second kappa shape index (κ2) is 6.99. The molecule has 3 N–H and O–H groups in total. The maximum Gasteiger partial charge on any atom is 0.251 e. The zero-order chi connectivity index (χ0) is 15.2. The number of benzene rings is 2. The summed E-state index contributed by atoms with van der Waals surface area (Å²) in [5.41, 5.74) is 7.59. The molecule has 2 aromatic carbocycles. The number of rotatable bonds is 5. The van der Waals surface area contributed by atoms with Gasteiger partial charge in [-0.15, -0.1) is 0 Å². The van der Waals surface area contributed by atoms with Crippen LogP contribution in [0.5, 0.6) is 5.75 Å². The molecule has 0 aliphatic rings. The number of hydrogen-bond donors (Lipinski definition) is 2. The predicted octanol–water partition coefficient (Wildman–Crippen LogP) is 3.25. The molecule has 110 valence electrons. The van der Waals surface area contributed by atoms with Crippen molar-refractivity contribution in [3.05, 3.63) is 58.6 Å². The largest absolute Gasteiger partial charge is 0.494 e. The highest BCUT2D eigenvalue weighted by atomic mass is 35.5. The Labute approximate surface area is 128 Å². The maximum absolute atomic E-state index is 12.2. The van der Waals surface area contributed by atoms with E-state index in [0.717, 1.165) is 5.56 Å². The van der Waals surface area contributed by atoms with Crippen molar-refractivity contribution in [2.75, 3.05) is 12.3 Å². The van der Waals surface area contributed by atoms with Gasteiger partial charge in [0.25, 0.3) is 5.91 Å². The van der Waals surface area contributed by atoms with Crippen LogP contribution in [-0.4, -0.2) is 12.5 Å². The number of hydrogen-bond acceptors (Lipinski definition) is 3. The van der Waals surface area contributed by atoms with Gasteiger partial charge < -0.3 is 15.8 Å². The fraction of sp³-hybridized carbons (Fsp3) is 0.188. The van der Waals surface area contributed by atoms with E-state index in [0.29, 0.717) is 35.2 Å². The van der Waals surface area contributed by atoms with Crippen molar-refractivity contribution in [1.29, 1.82) is 0 Å². The first kappa shape index (κ1) is 15.2. The van der Waals surface area contributed by atoms with Gasteiger partial charge in [-0.3, -0.25) is 4.79 Å². The molecular weight excluding hydrogens is 288 g/mol. The zero-order valence-electron chi connectivity index (χ0n) is 11.7. The molecule has 1 amide bonds. The standard InChI is InChI=1S/C16H17ClN2O2/c1-2-21-14-8-12(7-13(18)9-14)16(20)19-10-11-5-3-4-6-15(11)17/h3-9H,2,10,18H2,1H3,(H,19,20). The quantitative estimate of drug-likeness (QED) is 0.833. The van der Waals surface area contributed by atoms with Crippen LogP contribution >= 0.6 is 11.6 Å². The summed E-state index contributed by atoms with van der Waals surface area (Å²) >= 11 is 6.05. The maximum atomic E-state index is 12.2. The minimum Gasteiger partial charge on any atom is -0.494 e. The zero-order valence-corrected chi connectivity index (χ0v) is 12.5. The lowest BCUT2D eigenvalue weighted by atomic mass is 10.1. The first-order valence-electron chi connectivity index (χ1n) is 6.65. The molecular formula is C16H17ClN2O2. The third-order valence-corrected chi connectivity index (χ3v) is 3.27. The van der Waals surface area contributed by atoms with Gasteiger partial charge in [0.1, 0.15) is 5.75 Å². The number of nitrogens with two attached hydrogens (primary N) is 1. The van der Waals surface area contributed by atoms with Gasteiger partial charge in [0.15, 0.2) is 0 Å². The van der Waals surface area contributed by atoms with Crippen LogP contribution in [0.2, 0.25) is 5.02 Å². The topological polar surface area (TPSA) is 64.3 Å². The molecule has 0 heterocycles. The Morgan fingerprint density at radius 1 is 1.29 bits per heavy atom. The van der Waals surface area contributed by atoms with Crippen LogP contribution in [0.1, 0.15) is 22.8 Å². The van der Waals surface area contributed by atoms with E-state index in [1.165, 1.54) is 0 Å². The van der Waals surface area contributed by atoms with Crippen LogP contribution in [0.15, 0.2) is 42.5 Å². The summed E-state index contributed by atoms with van der Waals surface area (Å²) in [6, 6.07) is 12.4. The molecule has 0 unspecified atom stereocenters. The highest BCUT2D eigenvalue weighted by Crippen LogP contribution is 2.19. The normalized spacial score (nSPS) is 10.2. The first-order chi connectivity index (χ1) is 10.1. The van der Waals surface area contributed by atoms with Crippen LogP contribution in [0.25, 0.3) is 0 Å². The molecule has 0 radical (unpaired) electrons. The molecule has 4 nitrogen and oxygen atoms in total. The number of halogens is 1. The third-order valence-electron chi connectivity index (χ3n) is 2.90. The molecule has 0 bridgehead atoms. The monoisotopic (exact) mass is 304 g/mol. The highest BCUT2D eigenvalue weighted by Gasteiger charge is 2.09. The van der Waals surface area contributed by atoms with Crippen LogP contribution < -0.4 is 15.8 Å². The minimum absolute atomic E-state index is 0.219. The van der Waals surface area contributed by atoms with Crippen molar-refractivity contribution < 1.29 is 9.53 Å². The lowest BCUT2D eigenvalue weighted by molar-refractivity contribution is 0.0950. The van der Waals surface area contributed by atoms with Gasteiger partial charge in [0.05, 0.1) is 6.61 Å². The van der Waals surface area contributed by atoms with Gasteiger partial charge in [-0.25, -0.2) is 0 Å². The molecule has 5 heteroatoms. The molecule has 0 aliphatic carbocycles. The Kier molecular flexibility index (Phi) is 5.06. The number of nitrogen functional groups attached to an aromatic ring is 1.